The smallest absolute Gasteiger partial charge is 0.119 e. The van der Waals surface area contributed by atoms with Crippen molar-refractivity contribution in [1.29, 1.82) is 0 Å². The molecule has 0 spiro atoms. The van der Waals surface area contributed by atoms with Gasteiger partial charge in [-0.1, -0.05) is 35.2 Å². The Morgan fingerprint density at radius 2 is 1.47 bits per heavy atom. The van der Waals surface area contributed by atoms with Gasteiger partial charge < -0.3 is 9.47 Å². The molecule has 0 saturated heterocycles. The molecule has 1 aromatic carbocycles. The zero-order chi connectivity index (χ0) is 12.3. The molecule has 0 N–H and O–H groups in total. The summed E-state index contributed by atoms with van der Waals surface area (Å²) in [4.78, 5) is 0. The highest BCUT2D eigenvalue weighted by Gasteiger charge is 1.94. The fraction of sp³-hybridized carbons (Fsp3) is 0.571. The number of rotatable bonds is 9. The van der Waals surface area contributed by atoms with E-state index in [4.69, 9.17) is 9.47 Å². The van der Waals surface area contributed by atoms with Gasteiger partial charge in [0, 0.05) is 18.2 Å². The number of ether oxygens (including phenoxy) is 2. The van der Waals surface area contributed by atoms with Crippen LogP contribution in [0.3, 0.4) is 0 Å². The molecule has 0 heterocycles. The molecule has 0 unspecified atom stereocenters. The zero-order valence-corrected chi connectivity index (χ0v) is 12.0. The highest BCUT2D eigenvalue weighted by atomic mass is 79.9. The summed E-state index contributed by atoms with van der Waals surface area (Å²) in [6.07, 6.45) is 6.06. The quantitative estimate of drug-likeness (QED) is 0.628. The summed E-state index contributed by atoms with van der Waals surface area (Å²) in [7, 11) is 1.76. The van der Waals surface area contributed by atoms with Crippen molar-refractivity contribution in [1.82, 2.24) is 0 Å². The first kappa shape index (κ1) is 14.5. The molecule has 1 aromatic rings. The largest absolute Gasteiger partial charge is 0.494 e. The van der Waals surface area contributed by atoms with Crippen LogP contribution in [0.4, 0.5) is 0 Å². The molecule has 0 aliphatic heterocycles. The van der Waals surface area contributed by atoms with Crippen LogP contribution in [0.25, 0.3) is 0 Å². The minimum Gasteiger partial charge on any atom is -0.494 e. The summed E-state index contributed by atoms with van der Waals surface area (Å²) in [5.41, 5.74) is 0. The molecule has 96 valence electrons. The molecule has 0 aliphatic rings. The fourth-order valence-corrected chi connectivity index (χ4v) is 1.86. The van der Waals surface area contributed by atoms with Crippen LogP contribution in [-0.2, 0) is 4.74 Å². The van der Waals surface area contributed by atoms with Gasteiger partial charge in [0.05, 0.1) is 6.61 Å². The van der Waals surface area contributed by atoms with Crippen molar-refractivity contribution in [3.05, 3.63) is 28.7 Å². The molecule has 1 rings (SSSR count). The lowest BCUT2D eigenvalue weighted by Gasteiger charge is -2.06. The summed E-state index contributed by atoms with van der Waals surface area (Å²) in [6, 6.07) is 7.98. The van der Waals surface area contributed by atoms with E-state index >= 15 is 0 Å². The lowest BCUT2D eigenvalue weighted by molar-refractivity contribution is 0.191. The van der Waals surface area contributed by atoms with Crippen LogP contribution >= 0.6 is 15.9 Å². The van der Waals surface area contributed by atoms with Gasteiger partial charge in [-0.25, -0.2) is 0 Å². The summed E-state index contributed by atoms with van der Waals surface area (Å²) in [5.74, 6) is 0.951. The molecule has 2 nitrogen and oxygen atoms in total. The van der Waals surface area contributed by atoms with Crippen LogP contribution in [0.2, 0.25) is 0 Å². The molecule has 0 bridgehead atoms. The Morgan fingerprint density at radius 1 is 0.882 bits per heavy atom. The van der Waals surface area contributed by atoms with E-state index in [0.29, 0.717) is 0 Å². The second kappa shape index (κ2) is 9.49. The third-order valence-electron chi connectivity index (χ3n) is 2.58. The highest BCUT2D eigenvalue weighted by molar-refractivity contribution is 9.10. The first-order chi connectivity index (χ1) is 8.33. The maximum atomic E-state index is 5.64. The molecular weight excluding hydrogens is 280 g/mol. The second-order valence-corrected chi connectivity index (χ2v) is 4.98. The number of benzene rings is 1. The monoisotopic (exact) mass is 300 g/mol. The number of hydrogen-bond acceptors (Lipinski definition) is 2. The molecule has 0 radical (unpaired) electrons. The predicted octanol–water partition coefficient (Wildman–Crippen LogP) is 4.42. The predicted molar refractivity (Wildman–Crippen MR) is 74.6 cm³/mol. The Morgan fingerprint density at radius 3 is 2.12 bits per heavy atom. The molecule has 0 saturated carbocycles. The van der Waals surface area contributed by atoms with E-state index in [0.717, 1.165) is 29.9 Å². The second-order valence-electron chi connectivity index (χ2n) is 4.06. The van der Waals surface area contributed by atoms with Crippen molar-refractivity contribution in [2.45, 2.75) is 32.1 Å². The molecular formula is C14H21BrO2. The van der Waals surface area contributed by atoms with E-state index in [1.165, 1.54) is 25.7 Å². The van der Waals surface area contributed by atoms with Gasteiger partial charge in [-0.05, 0) is 37.1 Å². The van der Waals surface area contributed by atoms with Gasteiger partial charge in [-0.2, -0.15) is 0 Å². The Bertz CT molecular complexity index is 285. The van der Waals surface area contributed by atoms with Crippen LogP contribution in [0.1, 0.15) is 32.1 Å². The third kappa shape index (κ3) is 7.40. The van der Waals surface area contributed by atoms with E-state index in [-0.39, 0.29) is 0 Å². The average Bonchev–Trinajstić information content (AvgIpc) is 2.35. The lowest BCUT2D eigenvalue weighted by atomic mass is 10.1. The van der Waals surface area contributed by atoms with Crippen molar-refractivity contribution in [2.24, 2.45) is 0 Å². The Kier molecular flexibility index (Phi) is 8.10. The third-order valence-corrected chi connectivity index (χ3v) is 3.10. The summed E-state index contributed by atoms with van der Waals surface area (Å²) in [5, 5.41) is 0. The van der Waals surface area contributed by atoms with Crippen molar-refractivity contribution in [2.75, 3.05) is 20.3 Å². The van der Waals surface area contributed by atoms with Gasteiger partial charge in [0.2, 0.25) is 0 Å². The SMILES string of the molecule is COCCCCCCCOc1ccc(Br)cc1. The summed E-state index contributed by atoms with van der Waals surface area (Å²) < 4.78 is 11.7. The highest BCUT2D eigenvalue weighted by Crippen LogP contribution is 2.16. The van der Waals surface area contributed by atoms with Crippen molar-refractivity contribution >= 4 is 15.9 Å². The average molecular weight is 301 g/mol. The molecule has 0 aliphatic carbocycles. The molecule has 0 atom stereocenters. The van der Waals surface area contributed by atoms with Crippen molar-refractivity contribution in [3.63, 3.8) is 0 Å². The standard InChI is InChI=1S/C14H21BrO2/c1-16-11-5-3-2-4-6-12-17-14-9-7-13(15)8-10-14/h7-10H,2-6,11-12H2,1H3. The Balaban J connectivity index is 1.95. The topological polar surface area (TPSA) is 18.5 Å². The number of methoxy groups -OCH3 is 1. The molecule has 3 heteroatoms. The lowest BCUT2D eigenvalue weighted by Crippen LogP contribution is -1.97. The van der Waals surface area contributed by atoms with Crippen molar-refractivity contribution < 1.29 is 9.47 Å². The van der Waals surface area contributed by atoms with Crippen molar-refractivity contribution in [3.8, 4) is 5.75 Å². The van der Waals surface area contributed by atoms with E-state index in [1.54, 1.807) is 7.11 Å². The van der Waals surface area contributed by atoms with Crippen LogP contribution in [0, 0.1) is 0 Å². The summed E-state index contributed by atoms with van der Waals surface area (Å²) >= 11 is 3.40. The first-order valence-corrected chi connectivity index (χ1v) is 6.99. The van der Waals surface area contributed by atoms with Gasteiger partial charge in [-0.3, -0.25) is 0 Å². The zero-order valence-electron chi connectivity index (χ0n) is 10.5. The normalized spacial score (nSPS) is 10.5. The van der Waals surface area contributed by atoms with Gasteiger partial charge in [0.25, 0.3) is 0 Å². The van der Waals surface area contributed by atoms with E-state index < -0.39 is 0 Å². The van der Waals surface area contributed by atoms with E-state index in [9.17, 15) is 0 Å². The van der Waals surface area contributed by atoms with Crippen LogP contribution in [0.5, 0.6) is 5.75 Å². The maximum absolute atomic E-state index is 5.64. The van der Waals surface area contributed by atoms with Gasteiger partial charge in [0.1, 0.15) is 5.75 Å². The summed E-state index contributed by atoms with van der Waals surface area (Å²) in [6.45, 7) is 1.70. The molecule has 0 aromatic heterocycles. The van der Waals surface area contributed by atoms with E-state index in [1.807, 2.05) is 24.3 Å². The van der Waals surface area contributed by atoms with E-state index in [2.05, 4.69) is 15.9 Å². The first-order valence-electron chi connectivity index (χ1n) is 6.20. The van der Waals surface area contributed by atoms with Crippen LogP contribution < -0.4 is 4.74 Å². The number of unbranched alkanes of at least 4 members (excludes halogenated alkanes) is 4. The van der Waals surface area contributed by atoms with Gasteiger partial charge in [-0.15, -0.1) is 0 Å². The van der Waals surface area contributed by atoms with Gasteiger partial charge in [0.15, 0.2) is 0 Å². The fourth-order valence-electron chi connectivity index (χ4n) is 1.60. The molecule has 0 fully saturated rings. The van der Waals surface area contributed by atoms with Crippen LogP contribution in [0.15, 0.2) is 28.7 Å². The van der Waals surface area contributed by atoms with Crippen LogP contribution in [-0.4, -0.2) is 20.3 Å². The minimum absolute atomic E-state index is 0.811. The Labute approximate surface area is 112 Å². The molecule has 0 amide bonds. The maximum Gasteiger partial charge on any atom is 0.119 e. The minimum atomic E-state index is 0.811. The van der Waals surface area contributed by atoms with Gasteiger partial charge >= 0.3 is 0 Å². The molecule has 17 heavy (non-hydrogen) atoms. The number of hydrogen-bond donors (Lipinski definition) is 0. The number of halogens is 1. The Hall–Kier alpha value is -0.540.